The molecule has 110 valence electrons. The Balaban J connectivity index is 2.06. The number of rotatable bonds is 1. The molecule has 5 heteroatoms. The van der Waals surface area contributed by atoms with Crippen molar-refractivity contribution in [3.8, 4) is 0 Å². The van der Waals surface area contributed by atoms with Gasteiger partial charge in [0.15, 0.2) is 0 Å². The highest BCUT2D eigenvalue weighted by molar-refractivity contribution is 9.10. The maximum atomic E-state index is 12.1. The van der Waals surface area contributed by atoms with E-state index in [-0.39, 0.29) is 12.1 Å². The van der Waals surface area contributed by atoms with Gasteiger partial charge < -0.3 is 15.0 Å². The SMILES string of the molecule is CC(C)(C)OC(=O)N1CCN[C@@H](c2ccccc2Br)C1. The summed E-state index contributed by atoms with van der Waals surface area (Å²) in [6.45, 7) is 7.73. The monoisotopic (exact) mass is 340 g/mol. The molecule has 1 saturated heterocycles. The highest BCUT2D eigenvalue weighted by Crippen LogP contribution is 2.25. The summed E-state index contributed by atoms with van der Waals surface area (Å²) < 4.78 is 6.50. The smallest absolute Gasteiger partial charge is 0.410 e. The minimum Gasteiger partial charge on any atom is -0.444 e. The lowest BCUT2D eigenvalue weighted by Crippen LogP contribution is -2.49. The largest absolute Gasteiger partial charge is 0.444 e. The van der Waals surface area contributed by atoms with Crippen molar-refractivity contribution >= 4 is 22.0 Å². The van der Waals surface area contributed by atoms with Gasteiger partial charge in [-0.05, 0) is 32.4 Å². The molecule has 0 aromatic heterocycles. The van der Waals surface area contributed by atoms with Crippen LogP contribution in [0.15, 0.2) is 28.7 Å². The molecule has 2 rings (SSSR count). The van der Waals surface area contributed by atoms with Crippen LogP contribution in [0.3, 0.4) is 0 Å². The second-order valence-electron chi connectivity index (χ2n) is 5.95. The number of amides is 1. The van der Waals surface area contributed by atoms with E-state index in [2.05, 4.69) is 27.3 Å². The van der Waals surface area contributed by atoms with E-state index in [1.165, 1.54) is 5.56 Å². The first kappa shape index (κ1) is 15.3. The third-order valence-corrected chi connectivity index (χ3v) is 3.83. The van der Waals surface area contributed by atoms with E-state index in [1.54, 1.807) is 4.90 Å². The predicted octanol–water partition coefficient (Wildman–Crippen LogP) is 3.33. The first-order valence-corrected chi connectivity index (χ1v) is 7.62. The van der Waals surface area contributed by atoms with Gasteiger partial charge in [-0.15, -0.1) is 0 Å². The van der Waals surface area contributed by atoms with Gasteiger partial charge in [-0.2, -0.15) is 0 Å². The summed E-state index contributed by atoms with van der Waals surface area (Å²) in [4.78, 5) is 13.9. The number of ether oxygens (including phenoxy) is 1. The van der Waals surface area contributed by atoms with Crippen LogP contribution in [0.2, 0.25) is 0 Å². The van der Waals surface area contributed by atoms with E-state index in [0.29, 0.717) is 13.1 Å². The summed E-state index contributed by atoms with van der Waals surface area (Å²) in [6.07, 6.45) is -0.240. The van der Waals surface area contributed by atoms with E-state index >= 15 is 0 Å². The minimum atomic E-state index is -0.454. The van der Waals surface area contributed by atoms with E-state index in [0.717, 1.165) is 11.0 Å². The number of benzene rings is 1. The Labute approximate surface area is 128 Å². The van der Waals surface area contributed by atoms with Gasteiger partial charge >= 0.3 is 6.09 Å². The Hall–Kier alpha value is -1.07. The van der Waals surface area contributed by atoms with Crippen LogP contribution < -0.4 is 5.32 Å². The van der Waals surface area contributed by atoms with Gasteiger partial charge in [-0.25, -0.2) is 4.79 Å². The maximum absolute atomic E-state index is 12.1. The summed E-state index contributed by atoms with van der Waals surface area (Å²) in [5.74, 6) is 0. The number of nitrogens with one attached hydrogen (secondary N) is 1. The zero-order valence-electron chi connectivity index (χ0n) is 12.1. The fourth-order valence-corrected chi connectivity index (χ4v) is 2.77. The second kappa shape index (κ2) is 6.14. The molecule has 1 atom stereocenters. The number of halogens is 1. The van der Waals surface area contributed by atoms with Crippen molar-refractivity contribution in [2.45, 2.75) is 32.4 Å². The lowest BCUT2D eigenvalue weighted by molar-refractivity contribution is 0.0195. The van der Waals surface area contributed by atoms with Gasteiger partial charge in [0.05, 0.1) is 6.04 Å². The van der Waals surface area contributed by atoms with Gasteiger partial charge in [0.2, 0.25) is 0 Å². The van der Waals surface area contributed by atoms with Crippen molar-refractivity contribution < 1.29 is 9.53 Å². The first-order chi connectivity index (χ1) is 9.37. The molecule has 0 bridgehead atoms. The van der Waals surface area contributed by atoms with Gasteiger partial charge in [0.1, 0.15) is 5.60 Å². The molecule has 1 heterocycles. The molecule has 1 aliphatic heterocycles. The van der Waals surface area contributed by atoms with Crippen LogP contribution in [0, 0.1) is 0 Å². The molecule has 0 aliphatic carbocycles. The number of carbonyl (C=O) groups is 1. The first-order valence-electron chi connectivity index (χ1n) is 6.82. The van der Waals surface area contributed by atoms with Crippen LogP contribution in [0.25, 0.3) is 0 Å². The average molecular weight is 341 g/mol. The zero-order valence-corrected chi connectivity index (χ0v) is 13.7. The van der Waals surface area contributed by atoms with Gasteiger partial charge in [0.25, 0.3) is 0 Å². The number of hydrogen-bond donors (Lipinski definition) is 1. The molecule has 1 aliphatic rings. The zero-order chi connectivity index (χ0) is 14.8. The van der Waals surface area contributed by atoms with Crippen molar-refractivity contribution in [3.63, 3.8) is 0 Å². The fraction of sp³-hybridized carbons (Fsp3) is 0.533. The molecule has 4 nitrogen and oxygen atoms in total. The molecular formula is C15H21BrN2O2. The molecule has 1 fully saturated rings. The summed E-state index contributed by atoms with van der Waals surface area (Å²) in [6, 6.07) is 8.21. The summed E-state index contributed by atoms with van der Waals surface area (Å²) in [5.41, 5.74) is 0.714. The lowest BCUT2D eigenvalue weighted by atomic mass is 10.0. The number of nitrogens with zero attached hydrogens (tertiary/aromatic N) is 1. The maximum Gasteiger partial charge on any atom is 0.410 e. The van der Waals surface area contributed by atoms with E-state index in [9.17, 15) is 4.79 Å². The highest BCUT2D eigenvalue weighted by atomic mass is 79.9. The molecule has 1 amide bonds. The van der Waals surface area contributed by atoms with Crippen LogP contribution >= 0.6 is 15.9 Å². The second-order valence-corrected chi connectivity index (χ2v) is 6.81. The average Bonchev–Trinajstić information content (AvgIpc) is 2.37. The molecule has 0 radical (unpaired) electrons. The Bertz CT molecular complexity index is 485. The Morgan fingerprint density at radius 2 is 2.10 bits per heavy atom. The Kier molecular flexibility index (Phi) is 4.70. The number of piperazine rings is 1. The summed E-state index contributed by atoms with van der Waals surface area (Å²) in [7, 11) is 0. The normalized spacial score (nSPS) is 19.8. The molecule has 1 N–H and O–H groups in total. The van der Waals surface area contributed by atoms with Crippen molar-refractivity contribution in [2.75, 3.05) is 19.6 Å². The molecular weight excluding hydrogens is 320 g/mol. The quantitative estimate of drug-likeness (QED) is 0.852. The lowest BCUT2D eigenvalue weighted by Gasteiger charge is -2.35. The summed E-state index contributed by atoms with van der Waals surface area (Å²) in [5, 5.41) is 3.44. The summed E-state index contributed by atoms with van der Waals surface area (Å²) >= 11 is 3.56. The predicted molar refractivity (Wildman–Crippen MR) is 82.7 cm³/mol. The van der Waals surface area contributed by atoms with Crippen LogP contribution in [0.1, 0.15) is 32.4 Å². The van der Waals surface area contributed by atoms with Gasteiger partial charge in [-0.3, -0.25) is 0 Å². The van der Waals surface area contributed by atoms with E-state index < -0.39 is 5.60 Å². The highest BCUT2D eigenvalue weighted by Gasteiger charge is 2.28. The molecule has 0 unspecified atom stereocenters. The topological polar surface area (TPSA) is 41.6 Å². The number of hydrogen-bond acceptors (Lipinski definition) is 3. The molecule has 1 aromatic rings. The molecule has 0 saturated carbocycles. The Morgan fingerprint density at radius 3 is 2.75 bits per heavy atom. The third-order valence-electron chi connectivity index (χ3n) is 3.11. The van der Waals surface area contributed by atoms with E-state index in [1.807, 2.05) is 39.0 Å². The van der Waals surface area contributed by atoms with Gasteiger partial charge in [0, 0.05) is 24.1 Å². The third kappa shape index (κ3) is 3.96. The van der Waals surface area contributed by atoms with Crippen LogP contribution in [0.4, 0.5) is 4.79 Å². The fourth-order valence-electron chi connectivity index (χ4n) is 2.21. The van der Waals surface area contributed by atoms with Gasteiger partial charge in [-0.1, -0.05) is 34.1 Å². The Morgan fingerprint density at radius 1 is 1.40 bits per heavy atom. The molecule has 1 aromatic carbocycles. The van der Waals surface area contributed by atoms with Crippen LogP contribution in [-0.4, -0.2) is 36.2 Å². The van der Waals surface area contributed by atoms with Crippen molar-refractivity contribution in [1.82, 2.24) is 10.2 Å². The van der Waals surface area contributed by atoms with Crippen LogP contribution in [0.5, 0.6) is 0 Å². The van der Waals surface area contributed by atoms with Crippen LogP contribution in [-0.2, 0) is 4.74 Å². The van der Waals surface area contributed by atoms with Crippen molar-refractivity contribution in [3.05, 3.63) is 34.3 Å². The molecule has 20 heavy (non-hydrogen) atoms. The van der Waals surface area contributed by atoms with Crippen molar-refractivity contribution in [1.29, 1.82) is 0 Å². The molecule has 0 spiro atoms. The van der Waals surface area contributed by atoms with Crippen molar-refractivity contribution in [2.24, 2.45) is 0 Å². The standard InChI is InChI=1S/C15H21BrN2O2/c1-15(2,3)20-14(19)18-9-8-17-13(10-18)11-6-4-5-7-12(11)16/h4-7,13,17H,8-10H2,1-3H3/t13-/m1/s1. The van der Waals surface area contributed by atoms with E-state index in [4.69, 9.17) is 4.74 Å². The number of carbonyl (C=O) groups excluding carboxylic acids is 1. The minimum absolute atomic E-state index is 0.131.